The molecule has 2 aliphatic heterocycles. The Morgan fingerprint density at radius 3 is 2.75 bits per heavy atom. The van der Waals surface area contributed by atoms with Gasteiger partial charge in [0.2, 0.25) is 6.41 Å². The number of likely N-dealkylation sites (N-methyl/N-ethyl adjacent to an activating group) is 1. The zero-order valence-electron chi connectivity index (χ0n) is 6.67. The van der Waals surface area contributed by atoms with Crippen LogP contribution < -0.4 is 0 Å². The molecule has 2 saturated heterocycles. The number of aliphatic hydroxyl groups is 1. The van der Waals surface area contributed by atoms with E-state index in [1.807, 2.05) is 0 Å². The van der Waals surface area contributed by atoms with Crippen LogP contribution in [0.1, 0.15) is 0 Å². The van der Waals surface area contributed by atoms with Crippen molar-refractivity contribution in [2.24, 2.45) is 0 Å². The molecule has 0 unspecified atom stereocenters. The topological polar surface area (TPSA) is 66.8 Å². The van der Waals surface area contributed by atoms with Crippen LogP contribution in [0.2, 0.25) is 0 Å². The molecule has 0 saturated carbocycles. The fourth-order valence-corrected chi connectivity index (χ4v) is 3.63. The van der Waals surface area contributed by atoms with E-state index in [2.05, 4.69) is 0 Å². The summed E-state index contributed by atoms with van der Waals surface area (Å²) in [5, 5.41) is 9.18. The molecule has 5 nitrogen and oxygen atoms in total. The molecule has 1 N–H and O–H groups in total. The molecular weight excluding hydrogens is 182 g/mol. The molecule has 2 aliphatic rings. The zero-order valence-corrected chi connectivity index (χ0v) is 7.49. The molecule has 0 spiro atoms. The van der Waals surface area contributed by atoms with Gasteiger partial charge in [-0.05, 0) is 7.05 Å². The first kappa shape index (κ1) is 8.43. The van der Waals surface area contributed by atoms with Gasteiger partial charge in [-0.3, -0.25) is 4.90 Å². The first-order valence-corrected chi connectivity index (χ1v) is 5.58. The Bertz CT molecular complexity index is 288. The zero-order chi connectivity index (χ0) is 8.93. The summed E-state index contributed by atoms with van der Waals surface area (Å²) in [7, 11) is -1.28. The fraction of sp³-hybridized carbons (Fsp3) is 1.00. The van der Waals surface area contributed by atoms with E-state index in [9.17, 15) is 13.5 Å². The Hall–Kier alpha value is -0.170. The van der Waals surface area contributed by atoms with Crippen LogP contribution in [0.4, 0.5) is 0 Å². The normalized spacial score (nSPS) is 46.3. The van der Waals surface area contributed by atoms with Crippen molar-refractivity contribution in [3.63, 3.8) is 0 Å². The number of hydrogen-bond donors (Lipinski definition) is 1. The molecule has 0 aromatic heterocycles. The van der Waals surface area contributed by atoms with E-state index in [1.54, 1.807) is 11.9 Å². The minimum Gasteiger partial charge on any atom is -0.356 e. The summed E-state index contributed by atoms with van der Waals surface area (Å²) in [4.78, 5) is 1.55. The lowest BCUT2D eigenvalue weighted by Gasteiger charge is -2.16. The standard InChI is InChI=1S/C6H11NO4S/c1-7-4-2-12(9,10)3-5(4)11-6(7)8/h4-6,8H,2-3H2,1H3/t4-,5+,6-/m0/s1. The molecule has 0 amide bonds. The van der Waals surface area contributed by atoms with E-state index in [4.69, 9.17) is 4.74 Å². The SMILES string of the molecule is CN1[C@@H](O)O[C@@H]2CS(=O)(=O)C[C@@H]21. The van der Waals surface area contributed by atoms with Crippen molar-refractivity contribution < 1.29 is 18.3 Å². The van der Waals surface area contributed by atoms with Gasteiger partial charge in [0.15, 0.2) is 9.84 Å². The summed E-state index contributed by atoms with van der Waals surface area (Å²) in [6.07, 6.45) is -1.27. The maximum Gasteiger partial charge on any atom is 0.216 e. The van der Waals surface area contributed by atoms with E-state index in [1.165, 1.54) is 0 Å². The molecule has 2 heterocycles. The Morgan fingerprint density at radius 1 is 1.50 bits per heavy atom. The van der Waals surface area contributed by atoms with E-state index in [0.29, 0.717) is 0 Å². The van der Waals surface area contributed by atoms with Gasteiger partial charge < -0.3 is 9.84 Å². The van der Waals surface area contributed by atoms with Gasteiger partial charge >= 0.3 is 0 Å². The third-order valence-corrected chi connectivity index (χ3v) is 4.13. The largest absolute Gasteiger partial charge is 0.356 e. The highest BCUT2D eigenvalue weighted by Crippen LogP contribution is 2.28. The predicted molar refractivity (Wildman–Crippen MR) is 41.1 cm³/mol. The molecule has 70 valence electrons. The summed E-state index contributed by atoms with van der Waals surface area (Å²) in [5.41, 5.74) is 0. The number of rotatable bonds is 0. The first-order valence-electron chi connectivity index (χ1n) is 3.75. The van der Waals surface area contributed by atoms with Gasteiger partial charge in [-0.15, -0.1) is 0 Å². The number of hydrogen-bond acceptors (Lipinski definition) is 5. The lowest BCUT2D eigenvalue weighted by atomic mass is 10.2. The minimum atomic E-state index is -2.94. The van der Waals surface area contributed by atoms with Crippen molar-refractivity contribution in [1.82, 2.24) is 4.90 Å². The van der Waals surface area contributed by atoms with Crippen molar-refractivity contribution in [2.75, 3.05) is 18.6 Å². The maximum atomic E-state index is 11.1. The average Bonchev–Trinajstić information content (AvgIpc) is 2.33. The quantitative estimate of drug-likeness (QED) is 0.501. The molecule has 0 bridgehead atoms. The molecule has 2 fully saturated rings. The van der Waals surface area contributed by atoms with Crippen LogP contribution in [-0.2, 0) is 14.6 Å². The van der Waals surface area contributed by atoms with E-state index in [-0.39, 0.29) is 23.7 Å². The highest BCUT2D eigenvalue weighted by atomic mass is 32.2. The Morgan fingerprint density at radius 2 is 2.17 bits per heavy atom. The van der Waals surface area contributed by atoms with Gasteiger partial charge in [-0.25, -0.2) is 8.42 Å². The van der Waals surface area contributed by atoms with Crippen LogP contribution >= 0.6 is 0 Å². The van der Waals surface area contributed by atoms with Gasteiger partial charge in [0, 0.05) is 0 Å². The second kappa shape index (κ2) is 2.41. The van der Waals surface area contributed by atoms with E-state index in [0.717, 1.165) is 0 Å². The summed E-state index contributed by atoms with van der Waals surface area (Å²) in [6, 6.07) is -0.162. The maximum absolute atomic E-state index is 11.1. The molecule has 0 aliphatic carbocycles. The Balaban J connectivity index is 2.21. The van der Waals surface area contributed by atoms with Crippen molar-refractivity contribution in [3.05, 3.63) is 0 Å². The molecule has 3 atom stereocenters. The van der Waals surface area contributed by atoms with Gasteiger partial charge in [0.1, 0.15) is 0 Å². The van der Waals surface area contributed by atoms with Gasteiger partial charge in [-0.1, -0.05) is 0 Å². The fourth-order valence-electron chi connectivity index (χ4n) is 1.72. The first-order chi connectivity index (χ1) is 5.49. The number of aliphatic hydroxyl groups excluding tert-OH is 1. The predicted octanol–water partition coefficient (Wildman–Crippen LogP) is -1.61. The van der Waals surface area contributed by atoms with Crippen LogP contribution in [0.25, 0.3) is 0 Å². The number of ether oxygens (including phenoxy) is 1. The highest BCUT2D eigenvalue weighted by Gasteiger charge is 2.48. The molecule has 0 aromatic carbocycles. The lowest BCUT2D eigenvalue weighted by Crippen LogP contribution is -2.35. The number of nitrogens with zero attached hydrogens (tertiary/aromatic N) is 1. The van der Waals surface area contributed by atoms with Crippen molar-refractivity contribution in [1.29, 1.82) is 0 Å². The summed E-state index contributed by atoms with van der Waals surface area (Å²) < 4.78 is 27.3. The molecule has 2 rings (SSSR count). The molecule has 6 heteroatoms. The van der Waals surface area contributed by atoms with Gasteiger partial charge in [0.25, 0.3) is 0 Å². The third kappa shape index (κ3) is 1.15. The van der Waals surface area contributed by atoms with Crippen LogP contribution in [0.15, 0.2) is 0 Å². The summed E-state index contributed by atoms with van der Waals surface area (Å²) in [6.45, 7) is 0. The van der Waals surface area contributed by atoms with E-state index >= 15 is 0 Å². The minimum absolute atomic E-state index is 0.0407. The molecule has 0 radical (unpaired) electrons. The average molecular weight is 193 g/mol. The van der Waals surface area contributed by atoms with Crippen LogP contribution in [0.5, 0.6) is 0 Å². The van der Waals surface area contributed by atoms with Crippen LogP contribution in [0.3, 0.4) is 0 Å². The summed E-state index contributed by atoms with van der Waals surface area (Å²) >= 11 is 0. The van der Waals surface area contributed by atoms with Crippen LogP contribution in [-0.4, -0.2) is 55.5 Å². The molecular formula is C6H11NO4S. The Labute approximate surface area is 70.8 Å². The van der Waals surface area contributed by atoms with Crippen molar-refractivity contribution >= 4 is 9.84 Å². The molecule has 12 heavy (non-hydrogen) atoms. The van der Waals surface area contributed by atoms with Crippen LogP contribution in [0, 0.1) is 0 Å². The van der Waals surface area contributed by atoms with Gasteiger partial charge in [-0.2, -0.15) is 0 Å². The lowest BCUT2D eigenvalue weighted by molar-refractivity contribution is -0.140. The number of sulfone groups is 1. The monoisotopic (exact) mass is 193 g/mol. The Kier molecular flexibility index (Phi) is 1.69. The van der Waals surface area contributed by atoms with Crippen molar-refractivity contribution in [3.8, 4) is 0 Å². The van der Waals surface area contributed by atoms with Crippen molar-refractivity contribution in [2.45, 2.75) is 18.6 Å². The summed E-state index contributed by atoms with van der Waals surface area (Å²) in [5.74, 6) is 0.143. The third-order valence-electron chi connectivity index (χ3n) is 2.44. The van der Waals surface area contributed by atoms with Gasteiger partial charge in [0.05, 0.1) is 23.7 Å². The number of fused-ring (bicyclic) bond motifs is 1. The van der Waals surface area contributed by atoms with E-state index < -0.39 is 16.3 Å². The second-order valence-corrected chi connectivity index (χ2v) is 5.46. The smallest absolute Gasteiger partial charge is 0.216 e. The molecule has 0 aromatic rings. The highest BCUT2D eigenvalue weighted by molar-refractivity contribution is 7.91. The second-order valence-electron chi connectivity index (χ2n) is 3.31.